The Bertz CT molecular complexity index is 474. The lowest BCUT2D eigenvalue weighted by Gasteiger charge is -2.13. The summed E-state index contributed by atoms with van der Waals surface area (Å²) in [7, 11) is 0. The first kappa shape index (κ1) is 13.9. The number of halogens is 6. The number of nitrogens with two attached hydrogens (primary N) is 1. The molecular formula is C8H4ClF5N2S. The summed E-state index contributed by atoms with van der Waals surface area (Å²) >= 11 is 9.72. The second-order valence-corrected chi connectivity index (χ2v) is 3.74. The van der Waals surface area contributed by atoms with E-state index < -0.39 is 39.2 Å². The van der Waals surface area contributed by atoms with Crippen LogP contribution in [-0.2, 0) is 6.18 Å². The maximum absolute atomic E-state index is 13.3. The molecule has 94 valence electrons. The molecule has 0 bridgehead atoms. The van der Waals surface area contributed by atoms with Crippen LogP contribution >= 0.6 is 23.8 Å². The SMILES string of the molecule is NC(=S)Nc1c(Cl)cc(C(F)(F)F)c(F)c1F. The van der Waals surface area contributed by atoms with Gasteiger partial charge in [0.25, 0.3) is 0 Å². The van der Waals surface area contributed by atoms with E-state index in [1.54, 1.807) is 0 Å². The normalized spacial score (nSPS) is 11.4. The highest BCUT2D eigenvalue weighted by molar-refractivity contribution is 7.80. The lowest BCUT2D eigenvalue weighted by Crippen LogP contribution is -2.21. The smallest absolute Gasteiger partial charge is 0.376 e. The third-order valence-electron chi connectivity index (χ3n) is 1.71. The third-order valence-corrected chi connectivity index (χ3v) is 2.11. The Hall–Kier alpha value is -1.15. The van der Waals surface area contributed by atoms with Gasteiger partial charge in [0.05, 0.1) is 16.3 Å². The van der Waals surface area contributed by atoms with Gasteiger partial charge in [-0.2, -0.15) is 13.2 Å². The van der Waals surface area contributed by atoms with Crippen molar-refractivity contribution in [2.45, 2.75) is 6.18 Å². The van der Waals surface area contributed by atoms with Crippen LogP contribution in [0.3, 0.4) is 0 Å². The van der Waals surface area contributed by atoms with Gasteiger partial charge < -0.3 is 11.1 Å². The summed E-state index contributed by atoms with van der Waals surface area (Å²) in [6.07, 6.45) is -5.05. The van der Waals surface area contributed by atoms with E-state index in [0.717, 1.165) is 0 Å². The van der Waals surface area contributed by atoms with E-state index in [1.807, 2.05) is 5.32 Å². The summed E-state index contributed by atoms with van der Waals surface area (Å²) in [6.45, 7) is 0. The maximum Gasteiger partial charge on any atom is 0.419 e. The number of hydrogen-bond donors (Lipinski definition) is 2. The fourth-order valence-corrected chi connectivity index (χ4v) is 1.38. The lowest BCUT2D eigenvalue weighted by atomic mass is 10.1. The van der Waals surface area contributed by atoms with Gasteiger partial charge in [0, 0.05) is 0 Å². The molecule has 0 aliphatic heterocycles. The van der Waals surface area contributed by atoms with Gasteiger partial charge in [-0.3, -0.25) is 0 Å². The average Bonchev–Trinajstić information content (AvgIpc) is 2.16. The Morgan fingerprint density at radius 2 is 1.82 bits per heavy atom. The number of hydrogen-bond acceptors (Lipinski definition) is 1. The van der Waals surface area contributed by atoms with Crippen molar-refractivity contribution in [2.24, 2.45) is 5.73 Å². The topological polar surface area (TPSA) is 38.0 Å². The zero-order valence-corrected chi connectivity index (χ0v) is 9.40. The fraction of sp³-hybridized carbons (Fsp3) is 0.125. The number of thiocarbonyl (C=S) groups is 1. The Balaban J connectivity index is 3.42. The van der Waals surface area contributed by atoms with Crippen molar-refractivity contribution in [3.05, 3.63) is 28.3 Å². The minimum Gasteiger partial charge on any atom is -0.376 e. The van der Waals surface area contributed by atoms with Gasteiger partial charge >= 0.3 is 6.18 Å². The van der Waals surface area contributed by atoms with Gasteiger partial charge in [0.15, 0.2) is 16.7 Å². The highest BCUT2D eigenvalue weighted by atomic mass is 35.5. The first-order chi connectivity index (χ1) is 7.64. The summed E-state index contributed by atoms with van der Waals surface area (Å²) in [6, 6.07) is 0.251. The molecule has 0 fully saturated rings. The number of nitrogens with one attached hydrogen (secondary N) is 1. The van der Waals surface area contributed by atoms with Crippen molar-refractivity contribution in [1.29, 1.82) is 0 Å². The molecule has 0 atom stereocenters. The van der Waals surface area contributed by atoms with E-state index in [0.29, 0.717) is 0 Å². The molecule has 0 heterocycles. The van der Waals surface area contributed by atoms with Gasteiger partial charge in [-0.1, -0.05) is 11.6 Å². The molecule has 0 aliphatic rings. The Kier molecular flexibility index (Phi) is 3.78. The van der Waals surface area contributed by atoms with Crippen LogP contribution in [-0.4, -0.2) is 5.11 Å². The van der Waals surface area contributed by atoms with Gasteiger partial charge in [0.2, 0.25) is 0 Å². The van der Waals surface area contributed by atoms with Gasteiger partial charge in [-0.05, 0) is 18.3 Å². The zero-order chi connectivity index (χ0) is 13.4. The van der Waals surface area contributed by atoms with Crippen LogP contribution in [0, 0.1) is 11.6 Å². The molecule has 3 N–H and O–H groups in total. The predicted molar refractivity (Wildman–Crippen MR) is 56.8 cm³/mol. The summed E-state index contributed by atoms with van der Waals surface area (Å²) in [5.74, 6) is -3.86. The first-order valence-electron chi connectivity index (χ1n) is 3.95. The average molecular weight is 291 g/mol. The van der Waals surface area contributed by atoms with Crippen LogP contribution in [0.25, 0.3) is 0 Å². The Morgan fingerprint density at radius 1 is 1.29 bits per heavy atom. The number of benzene rings is 1. The van der Waals surface area contributed by atoms with Crippen molar-refractivity contribution < 1.29 is 22.0 Å². The molecule has 0 saturated heterocycles. The highest BCUT2D eigenvalue weighted by Gasteiger charge is 2.37. The minimum atomic E-state index is -5.05. The van der Waals surface area contributed by atoms with Crippen molar-refractivity contribution in [2.75, 3.05) is 5.32 Å². The van der Waals surface area contributed by atoms with E-state index in [9.17, 15) is 22.0 Å². The molecule has 0 amide bonds. The summed E-state index contributed by atoms with van der Waals surface area (Å²) in [5.41, 5.74) is 2.46. The number of anilines is 1. The van der Waals surface area contributed by atoms with Gasteiger partial charge in [-0.15, -0.1) is 0 Å². The van der Waals surface area contributed by atoms with E-state index in [1.165, 1.54) is 0 Å². The lowest BCUT2D eigenvalue weighted by molar-refractivity contribution is -0.140. The zero-order valence-electron chi connectivity index (χ0n) is 7.83. The van der Waals surface area contributed by atoms with Crippen LogP contribution < -0.4 is 11.1 Å². The van der Waals surface area contributed by atoms with E-state index in [2.05, 4.69) is 12.2 Å². The predicted octanol–water partition coefficient (Wildman–Crippen LogP) is 3.29. The van der Waals surface area contributed by atoms with Crippen LogP contribution in [0.4, 0.5) is 27.6 Å². The first-order valence-corrected chi connectivity index (χ1v) is 4.74. The minimum absolute atomic E-state index is 0.251. The van der Waals surface area contributed by atoms with Crippen LogP contribution in [0.1, 0.15) is 5.56 Å². The molecule has 0 saturated carbocycles. The second kappa shape index (κ2) is 4.61. The summed E-state index contributed by atoms with van der Waals surface area (Å²) in [4.78, 5) is 0. The number of rotatable bonds is 1. The van der Waals surface area contributed by atoms with E-state index in [4.69, 9.17) is 17.3 Å². The maximum atomic E-state index is 13.3. The van der Waals surface area contributed by atoms with Crippen molar-refractivity contribution in [3.63, 3.8) is 0 Å². The molecule has 17 heavy (non-hydrogen) atoms. The van der Waals surface area contributed by atoms with Crippen molar-refractivity contribution >= 4 is 34.6 Å². The van der Waals surface area contributed by atoms with Crippen LogP contribution in [0.15, 0.2) is 6.07 Å². The van der Waals surface area contributed by atoms with Crippen molar-refractivity contribution in [3.8, 4) is 0 Å². The molecule has 1 rings (SSSR count). The number of alkyl halides is 3. The van der Waals surface area contributed by atoms with E-state index in [-0.39, 0.29) is 6.07 Å². The molecule has 0 aliphatic carbocycles. The quantitative estimate of drug-likeness (QED) is 0.473. The molecular weight excluding hydrogens is 287 g/mol. The summed E-state index contributed by atoms with van der Waals surface area (Å²) in [5, 5.41) is 0.825. The third kappa shape index (κ3) is 2.95. The molecule has 9 heteroatoms. The highest BCUT2D eigenvalue weighted by Crippen LogP contribution is 2.38. The largest absolute Gasteiger partial charge is 0.419 e. The second-order valence-electron chi connectivity index (χ2n) is 2.90. The van der Waals surface area contributed by atoms with E-state index >= 15 is 0 Å². The molecule has 0 radical (unpaired) electrons. The molecule has 0 spiro atoms. The van der Waals surface area contributed by atoms with Gasteiger partial charge in [0.1, 0.15) is 0 Å². The molecule has 0 unspecified atom stereocenters. The molecule has 1 aromatic carbocycles. The van der Waals surface area contributed by atoms with Gasteiger partial charge in [-0.25, -0.2) is 8.78 Å². The molecule has 1 aromatic rings. The Labute approximate surface area is 103 Å². The standard InChI is InChI=1S/C8H4ClF5N2S/c9-3-1-2(8(12,13)14)4(10)5(11)6(3)16-7(15)17/h1H,(H3,15,16,17). The monoisotopic (exact) mass is 290 g/mol. The Morgan fingerprint density at radius 3 is 2.24 bits per heavy atom. The van der Waals surface area contributed by atoms with Crippen LogP contribution in [0.2, 0.25) is 5.02 Å². The summed E-state index contributed by atoms with van der Waals surface area (Å²) < 4.78 is 63.2. The molecule has 2 nitrogen and oxygen atoms in total. The van der Waals surface area contributed by atoms with Crippen LogP contribution in [0.5, 0.6) is 0 Å². The molecule has 0 aromatic heterocycles. The fourth-order valence-electron chi connectivity index (χ4n) is 1.04. The van der Waals surface area contributed by atoms with Crippen molar-refractivity contribution in [1.82, 2.24) is 0 Å².